The lowest BCUT2D eigenvalue weighted by Crippen LogP contribution is -2.52. The molecule has 0 unspecified atom stereocenters. The number of anilines is 3. The fourth-order valence-electron chi connectivity index (χ4n) is 4.63. The lowest BCUT2D eigenvalue weighted by atomic mass is 9.91. The molecule has 0 radical (unpaired) electrons. The van der Waals surface area contributed by atoms with Crippen molar-refractivity contribution in [2.75, 3.05) is 30.4 Å². The summed E-state index contributed by atoms with van der Waals surface area (Å²) in [5, 5.41) is 6.93. The molecule has 0 aliphatic carbocycles. The Morgan fingerprint density at radius 1 is 1.16 bits per heavy atom. The van der Waals surface area contributed by atoms with Crippen molar-refractivity contribution in [3.8, 4) is 28.3 Å². The lowest BCUT2D eigenvalue weighted by Gasteiger charge is -2.40. The molecule has 0 bridgehead atoms. The topological polar surface area (TPSA) is 107 Å². The molecule has 1 aliphatic rings. The highest BCUT2D eigenvalue weighted by Crippen LogP contribution is 2.36. The van der Waals surface area contributed by atoms with E-state index in [0.717, 1.165) is 25.1 Å². The Hall–Kier alpha value is -4.19. The highest BCUT2D eigenvalue weighted by molar-refractivity contribution is 5.80. The summed E-state index contributed by atoms with van der Waals surface area (Å²) in [4.78, 5) is 15.3. The van der Waals surface area contributed by atoms with Gasteiger partial charge in [-0.1, -0.05) is 6.07 Å². The molecule has 1 atom stereocenters. The summed E-state index contributed by atoms with van der Waals surface area (Å²) in [6.07, 6.45) is 7.56. The van der Waals surface area contributed by atoms with E-state index in [0.29, 0.717) is 39.7 Å². The van der Waals surface area contributed by atoms with Crippen molar-refractivity contribution in [1.82, 2.24) is 24.7 Å². The minimum Gasteiger partial charge on any atom is -0.496 e. The van der Waals surface area contributed by atoms with Crippen LogP contribution in [0.4, 0.5) is 30.5 Å². The Balaban J connectivity index is 1.51. The van der Waals surface area contributed by atoms with Crippen LogP contribution in [0.1, 0.15) is 26.3 Å². The first-order chi connectivity index (χ1) is 18.2. The van der Waals surface area contributed by atoms with Crippen molar-refractivity contribution in [3.05, 3.63) is 60.9 Å². The Kier molecular flexibility index (Phi) is 6.89. The number of nitrogens with two attached hydrogens (primary N) is 1. The predicted molar refractivity (Wildman–Crippen MR) is 138 cm³/mol. The van der Waals surface area contributed by atoms with Crippen molar-refractivity contribution in [2.24, 2.45) is 5.73 Å². The summed E-state index contributed by atoms with van der Waals surface area (Å²) in [5.74, 6) is 0.798. The van der Waals surface area contributed by atoms with Crippen molar-refractivity contribution in [2.45, 2.75) is 31.9 Å². The number of benzene rings is 1. The van der Waals surface area contributed by atoms with E-state index in [-0.39, 0.29) is 11.4 Å². The number of hydrogen-bond acceptors (Lipinski definition) is 8. The van der Waals surface area contributed by atoms with E-state index in [9.17, 15) is 13.2 Å². The van der Waals surface area contributed by atoms with Crippen LogP contribution in [0.5, 0.6) is 5.75 Å². The first-order valence-electron chi connectivity index (χ1n) is 12.0. The van der Waals surface area contributed by atoms with Gasteiger partial charge < -0.3 is 20.7 Å². The van der Waals surface area contributed by atoms with Crippen LogP contribution in [0.15, 0.2) is 55.1 Å². The minimum atomic E-state index is -2.75. The molecule has 12 heteroatoms. The smallest absolute Gasteiger partial charge is 0.333 e. The van der Waals surface area contributed by atoms with Crippen LogP contribution < -0.4 is 20.7 Å². The Labute approximate surface area is 217 Å². The first kappa shape index (κ1) is 25.5. The van der Waals surface area contributed by atoms with Crippen LogP contribution in [-0.4, -0.2) is 50.5 Å². The number of alkyl halides is 2. The summed E-state index contributed by atoms with van der Waals surface area (Å²) in [5.41, 5.74) is 8.15. The van der Waals surface area contributed by atoms with Crippen LogP contribution in [0.3, 0.4) is 0 Å². The third kappa shape index (κ3) is 5.25. The summed E-state index contributed by atoms with van der Waals surface area (Å²) in [7, 11) is 1.45. The summed E-state index contributed by atoms with van der Waals surface area (Å²) in [6.45, 7) is 0.574. The minimum absolute atomic E-state index is 0.147. The molecule has 38 heavy (non-hydrogen) atoms. The second-order valence-corrected chi connectivity index (χ2v) is 9.46. The molecule has 3 N–H and O–H groups in total. The number of halogens is 3. The Morgan fingerprint density at radius 2 is 2.00 bits per heavy atom. The SMILES string of the molecule is COc1cccc(F)c1-c1nccc(Nc2cc(N3CCC[C@](C)(N)C3)c(-c3cnn(C(F)F)c3)cn2)n1. The van der Waals surface area contributed by atoms with Gasteiger partial charge in [0.25, 0.3) is 0 Å². The number of methoxy groups -OCH3 is 1. The number of pyridine rings is 1. The molecule has 0 spiro atoms. The maximum Gasteiger partial charge on any atom is 0.333 e. The fourth-order valence-corrected chi connectivity index (χ4v) is 4.63. The third-order valence-electron chi connectivity index (χ3n) is 6.39. The van der Waals surface area contributed by atoms with Crippen molar-refractivity contribution in [1.29, 1.82) is 0 Å². The Morgan fingerprint density at radius 3 is 2.74 bits per heavy atom. The van der Waals surface area contributed by atoms with Crippen LogP contribution in [-0.2, 0) is 0 Å². The molecule has 5 rings (SSSR count). The van der Waals surface area contributed by atoms with Gasteiger partial charge in [-0.2, -0.15) is 13.9 Å². The molecule has 3 aromatic heterocycles. The normalized spacial score (nSPS) is 17.6. The lowest BCUT2D eigenvalue weighted by molar-refractivity contribution is 0.0566. The van der Waals surface area contributed by atoms with E-state index in [1.165, 1.54) is 31.8 Å². The van der Waals surface area contributed by atoms with Gasteiger partial charge in [-0.15, -0.1) is 0 Å². The second kappa shape index (κ2) is 10.3. The van der Waals surface area contributed by atoms with Gasteiger partial charge in [0.05, 0.1) is 18.9 Å². The molecule has 1 fully saturated rings. The fraction of sp³-hybridized carbons (Fsp3) is 0.308. The van der Waals surface area contributed by atoms with Gasteiger partial charge in [0, 0.05) is 60.1 Å². The highest BCUT2D eigenvalue weighted by atomic mass is 19.3. The number of piperidine rings is 1. The molecule has 4 heterocycles. The average molecular weight is 525 g/mol. The molecule has 1 aromatic carbocycles. The zero-order valence-electron chi connectivity index (χ0n) is 20.9. The van der Waals surface area contributed by atoms with Crippen molar-refractivity contribution < 1.29 is 17.9 Å². The predicted octanol–water partition coefficient (Wildman–Crippen LogP) is 5.01. The van der Waals surface area contributed by atoms with Crippen molar-refractivity contribution in [3.63, 3.8) is 0 Å². The van der Waals surface area contributed by atoms with Gasteiger partial charge in [-0.3, -0.25) is 0 Å². The third-order valence-corrected chi connectivity index (χ3v) is 6.39. The van der Waals surface area contributed by atoms with E-state index in [1.54, 1.807) is 24.4 Å². The molecule has 9 nitrogen and oxygen atoms in total. The summed E-state index contributed by atoms with van der Waals surface area (Å²) in [6, 6.07) is 7.95. The molecule has 1 saturated heterocycles. The number of hydrogen-bond donors (Lipinski definition) is 2. The second-order valence-electron chi connectivity index (χ2n) is 9.46. The molecule has 0 saturated carbocycles. The highest BCUT2D eigenvalue weighted by Gasteiger charge is 2.29. The van der Waals surface area contributed by atoms with Gasteiger partial charge in [0.15, 0.2) is 5.82 Å². The first-order valence-corrected chi connectivity index (χ1v) is 12.0. The quantitative estimate of drug-likeness (QED) is 0.348. The van der Waals surface area contributed by atoms with Crippen LogP contribution in [0, 0.1) is 5.82 Å². The molecular formula is C26H27F3N8O. The van der Waals surface area contributed by atoms with Crippen LogP contribution in [0.25, 0.3) is 22.5 Å². The zero-order valence-corrected chi connectivity index (χ0v) is 20.9. The van der Waals surface area contributed by atoms with E-state index >= 15 is 0 Å². The van der Waals surface area contributed by atoms with Gasteiger partial charge in [0.2, 0.25) is 0 Å². The van der Waals surface area contributed by atoms with E-state index in [4.69, 9.17) is 10.5 Å². The molecule has 4 aromatic rings. The van der Waals surface area contributed by atoms with Gasteiger partial charge >= 0.3 is 6.55 Å². The average Bonchev–Trinajstić information content (AvgIpc) is 3.39. The maximum absolute atomic E-state index is 14.6. The zero-order chi connectivity index (χ0) is 26.9. The summed E-state index contributed by atoms with van der Waals surface area (Å²) < 4.78 is 46.9. The van der Waals surface area contributed by atoms with Crippen LogP contribution >= 0.6 is 0 Å². The number of nitrogens with zero attached hydrogens (tertiary/aromatic N) is 6. The molecule has 1 aliphatic heterocycles. The number of rotatable bonds is 7. The standard InChI is InChI=1S/C26H27F3N8O/c1-26(30)8-4-10-36(15-26)19-11-22(32-13-17(19)16-12-33-37(14-16)25(28)29)34-21-7-9-31-24(35-21)23-18(27)5-3-6-20(23)38-2/h3,5-7,9,11-14,25H,4,8,10,15,30H2,1-2H3,(H,31,32,34,35)/t26-/m0/s1. The number of aromatic nitrogens is 5. The van der Waals surface area contributed by atoms with Gasteiger partial charge in [-0.05, 0) is 38.0 Å². The maximum atomic E-state index is 14.6. The van der Waals surface area contributed by atoms with E-state index in [2.05, 4.69) is 30.3 Å². The molecule has 198 valence electrons. The van der Waals surface area contributed by atoms with Crippen molar-refractivity contribution >= 4 is 17.3 Å². The number of nitrogens with one attached hydrogen (secondary N) is 1. The van der Waals surface area contributed by atoms with Gasteiger partial charge in [-0.25, -0.2) is 24.0 Å². The molecule has 0 amide bonds. The summed E-state index contributed by atoms with van der Waals surface area (Å²) >= 11 is 0. The van der Waals surface area contributed by atoms with Crippen LogP contribution in [0.2, 0.25) is 0 Å². The van der Waals surface area contributed by atoms with E-state index in [1.807, 2.05) is 13.0 Å². The Bertz CT molecular complexity index is 1440. The molecular weight excluding hydrogens is 497 g/mol. The number of ether oxygens (including phenoxy) is 1. The van der Waals surface area contributed by atoms with E-state index < -0.39 is 17.9 Å². The largest absolute Gasteiger partial charge is 0.496 e. The van der Waals surface area contributed by atoms with Gasteiger partial charge in [0.1, 0.15) is 23.2 Å². The monoisotopic (exact) mass is 524 g/mol.